The van der Waals surface area contributed by atoms with Gasteiger partial charge in [-0.3, -0.25) is 4.79 Å². The van der Waals surface area contributed by atoms with Gasteiger partial charge in [-0.1, -0.05) is 6.07 Å². The Morgan fingerprint density at radius 2 is 1.74 bits per heavy atom. The van der Waals surface area contributed by atoms with Crippen LogP contribution < -0.4 is 5.32 Å². The van der Waals surface area contributed by atoms with Crippen LogP contribution in [0.3, 0.4) is 0 Å². The van der Waals surface area contributed by atoms with E-state index in [2.05, 4.69) is 10.4 Å². The van der Waals surface area contributed by atoms with E-state index in [1.165, 1.54) is 60.2 Å². The Bertz CT molecular complexity index is 1340. The molecule has 0 aliphatic heterocycles. The first kappa shape index (κ1) is 20.2. The third kappa shape index (κ3) is 3.42. The van der Waals surface area contributed by atoms with E-state index in [1.807, 2.05) is 0 Å². The number of carbonyl (C=O) groups excluding carboxylic acids is 1. The zero-order chi connectivity index (χ0) is 22.3. The Balaban J connectivity index is 2.02. The van der Waals surface area contributed by atoms with Crippen LogP contribution in [0.15, 0.2) is 54.7 Å². The van der Waals surface area contributed by atoms with Gasteiger partial charge in [0.15, 0.2) is 5.82 Å². The Hall–Kier alpha value is -4.07. The molecule has 0 aliphatic rings. The van der Waals surface area contributed by atoms with Crippen molar-refractivity contribution in [2.45, 2.75) is 6.92 Å². The minimum Gasteiger partial charge on any atom is -0.478 e. The Labute approximate surface area is 175 Å². The minimum absolute atomic E-state index is 0.000463. The van der Waals surface area contributed by atoms with Gasteiger partial charge in [-0.05, 0) is 60.5 Å². The number of amides is 1. The number of nitrogens with one attached hydrogen (secondary N) is 1. The fourth-order valence-electron chi connectivity index (χ4n) is 3.50. The number of aromatic nitrogens is 2. The molecule has 8 heteroatoms. The molecular weight excluding hydrogens is 404 g/mol. The maximum absolute atomic E-state index is 15.8. The van der Waals surface area contributed by atoms with Crippen LogP contribution in [-0.4, -0.2) is 33.6 Å². The van der Waals surface area contributed by atoms with Crippen molar-refractivity contribution in [3.8, 4) is 22.4 Å². The van der Waals surface area contributed by atoms with Gasteiger partial charge in [0.05, 0.1) is 11.1 Å². The Morgan fingerprint density at radius 3 is 2.39 bits per heavy atom. The Morgan fingerprint density at radius 1 is 1.03 bits per heavy atom. The number of aryl methyl sites for hydroxylation is 1. The molecule has 6 nitrogen and oxygen atoms in total. The van der Waals surface area contributed by atoms with Gasteiger partial charge in [0, 0.05) is 24.4 Å². The number of hydrogen-bond acceptors (Lipinski definition) is 3. The molecule has 31 heavy (non-hydrogen) atoms. The van der Waals surface area contributed by atoms with E-state index >= 15 is 4.39 Å². The summed E-state index contributed by atoms with van der Waals surface area (Å²) in [5, 5.41) is 16.1. The summed E-state index contributed by atoms with van der Waals surface area (Å²) in [4.78, 5) is 24.0. The van der Waals surface area contributed by atoms with E-state index in [0.717, 1.165) is 0 Å². The van der Waals surface area contributed by atoms with Crippen LogP contribution >= 0.6 is 0 Å². The van der Waals surface area contributed by atoms with Crippen LogP contribution in [0.1, 0.15) is 26.3 Å². The molecule has 2 aromatic heterocycles. The number of aromatic carboxylic acids is 1. The summed E-state index contributed by atoms with van der Waals surface area (Å²) >= 11 is 0. The van der Waals surface area contributed by atoms with Crippen molar-refractivity contribution in [1.29, 1.82) is 0 Å². The second kappa shape index (κ2) is 7.64. The number of carboxylic acid groups (broad SMARTS) is 1. The first-order valence-electron chi connectivity index (χ1n) is 9.35. The van der Waals surface area contributed by atoms with Crippen molar-refractivity contribution in [3.63, 3.8) is 0 Å². The number of nitrogens with zero attached hydrogens (tertiary/aromatic N) is 2. The fourth-order valence-corrected chi connectivity index (χ4v) is 3.50. The zero-order valence-corrected chi connectivity index (χ0v) is 16.6. The van der Waals surface area contributed by atoms with E-state index in [-0.39, 0.29) is 27.9 Å². The van der Waals surface area contributed by atoms with Gasteiger partial charge in [-0.2, -0.15) is 5.10 Å². The van der Waals surface area contributed by atoms with Gasteiger partial charge in [0.1, 0.15) is 17.0 Å². The van der Waals surface area contributed by atoms with Gasteiger partial charge >= 0.3 is 5.97 Å². The van der Waals surface area contributed by atoms with E-state index in [4.69, 9.17) is 0 Å². The molecule has 0 unspecified atom stereocenters. The number of halogens is 2. The molecule has 4 aromatic rings. The highest BCUT2D eigenvalue weighted by molar-refractivity contribution is 6.07. The van der Waals surface area contributed by atoms with E-state index in [9.17, 15) is 19.1 Å². The highest BCUT2D eigenvalue weighted by atomic mass is 19.1. The summed E-state index contributed by atoms with van der Waals surface area (Å²) in [5.41, 5.74) is 1.83. The summed E-state index contributed by atoms with van der Waals surface area (Å²) in [7, 11) is 1.42. The fraction of sp³-hybridized carbons (Fsp3) is 0.0870. The van der Waals surface area contributed by atoms with E-state index in [0.29, 0.717) is 16.7 Å². The molecule has 0 aliphatic carbocycles. The largest absolute Gasteiger partial charge is 0.478 e. The minimum atomic E-state index is -1.13. The average Bonchev–Trinajstić information content (AvgIpc) is 3.15. The monoisotopic (exact) mass is 421 g/mol. The van der Waals surface area contributed by atoms with Crippen molar-refractivity contribution in [2.24, 2.45) is 0 Å². The molecule has 0 fully saturated rings. The van der Waals surface area contributed by atoms with Crippen LogP contribution in [-0.2, 0) is 0 Å². The number of hydrogen-bond donors (Lipinski definition) is 2. The smallest absolute Gasteiger partial charge is 0.335 e. The molecule has 0 atom stereocenters. The van der Waals surface area contributed by atoms with E-state index in [1.54, 1.807) is 13.0 Å². The topological polar surface area (TPSA) is 83.7 Å². The number of benzene rings is 2. The predicted molar refractivity (Wildman–Crippen MR) is 111 cm³/mol. The number of fused-ring (bicyclic) bond motifs is 1. The van der Waals surface area contributed by atoms with Gasteiger partial charge in [0.2, 0.25) is 0 Å². The van der Waals surface area contributed by atoms with Gasteiger partial charge in [-0.15, -0.1) is 0 Å². The molecule has 0 bridgehead atoms. The second-order valence-corrected chi connectivity index (χ2v) is 6.98. The number of carboxylic acids is 1. The molecule has 2 N–H and O–H groups in total. The molecule has 0 saturated carbocycles. The molecule has 156 valence electrons. The molecule has 0 saturated heterocycles. The SMILES string of the molecule is CNC(=O)c1c(-c2ccc(F)cc2)nn2ccc(-c3cc(C(=O)O)ccc3C)c(F)c12. The van der Waals surface area contributed by atoms with Crippen molar-refractivity contribution in [3.05, 3.63) is 83.1 Å². The lowest BCUT2D eigenvalue weighted by Gasteiger charge is -2.10. The van der Waals surface area contributed by atoms with Crippen LogP contribution in [0.2, 0.25) is 0 Å². The summed E-state index contributed by atoms with van der Waals surface area (Å²) < 4.78 is 30.4. The second-order valence-electron chi connectivity index (χ2n) is 6.98. The lowest BCUT2D eigenvalue weighted by molar-refractivity contribution is 0.0696. The van der Waals surface area contributed by atoms with Gasteiger partial charge in [0.25, 0.3) is 5.91 Å². The molecule has 2 heterocycles. The molecule has 1 amide bonds. The molecular formula is C23H17F2N3O3. The standard InChI is InChI=1S/C23H17F2N3O3/c1-12-3-4-14(23(30)31)11-17(12)16-9-10-28-21(19(16)25)18(22(29)26-2)20(27-28)13-5-7-15(24)8-6-13/h3-11H,1-2H3,(H,26,29)(H,30,31). The third-order valence-corrected chi connectivity index (χ3v) is 5.08. The van der Waals surface area contributed by atoms with Crippen molar-refractivity contribution in [2.75, 3.05) is 7.05 Å². The predicted octanol–water partition coefficient (Wildman–Crippen LogP) is 4.31. The number of rotatable bonds is 4. The Kier molecular flexibility index (Phi) is 4.98. The summed E-state index contributed by atoms with van der Waals surface area (Å²) in [6, 6.07) is 11.3. The maximum atomic E-state index is 15.8. The van der Waals surface area contributed by atoms with E-state index < -0.39 is 23.5 Å². The number of carbonyl (C=O) groups is 2. The zero-order valence-electron chi connectivity index (χ0n) is 16.6. The molecule has 4 rings (SSSR count). The first-order chi connectivity index (χ1) is 14.8. The summed E-state index contributed by atoms with van der Waals surface area (Å²) in [5.74, 6) is -2.85. The lowest BCUT2D eigenvalue weighted by Crippen LogP contribution is -2.18. The van der Waals surface area contributed by atoms with Gasteiger partial charge in [-0.25, -0.2) is 18.1 Å². The van der Waals surface area contributed by atoms with Crippen LogP contribution in [0.4, 0.5) is 8.78 Å². The van der Waals surface area contributed by atoms with Crippen molar-refractivity contribution >= 4 is 17.4 Å². The molecule has 0 spiro atoms. The molecule has 0 radical (unpaired) electrons. The average molecular weight is 421 g/mol. The first-order valence-corrected chi connectivity index (χ1v) is 9.35. The van der Waals surface area contributed by atoms with Crippen molar-refractivity contribution in [1.82, 2.24) is 14.9 Å². The third-order valence-electron chi connectivity index (χ3n) is 5.08. The van der Waals surface area contributed by atoms with Crippen LogP contribution in [0.25, 0.3) is 27.9 Å². The summed E-state index contributed by atoms with van der Waals surface area (Å²) in [6.45, 7) is 1.74. The van der Waals surface area contributed by atoms with Crippen LogP contribution in [0.5, 0.6) is 0 Å². The lowest BCUT2D eigenvalue weighted by atomic mass is 9.97. The molecule has 2 aromatic carbocycles. The van der Waals surface area contributed by atoms with Crippen molar-refractivity contribution < 1.29 is 23.5 Å². The normalized spacial score (nSPS) is 11.0. The highest BCUT2D eigenvalue weighted by Crippen LogP contribution is 2.34. The van der Waals surface area contributed by atoms with Crippen LogP contribution in [0, 0.1) is 18.6 Å². The van der Waals surface area contributed by atoms with Gasteiger partial charge < -0.3 is 10.4 Å². The quantitative estimate of drug-likeness (QED) is 0.514. The highest BCUT2D eigenvalue weighted by Gasteiger charge is 2.25. The number of pyridine rings is 1. The summed E-state index contributed by atoms with van der Waals surface area (Å²) in [6.07, 6.45) is 1.50. The maximum Gasteiger partial charge on any atom is 0.335 e.